The van der Waals surface area contributed by atoms with Gasteiger partial charge >= 0.3 is 5.97 Å². The molecule has 0 fully saturated rings. The first-order valence-electron chi connectivity index (χ1n) is 13.0. The lowest BCUT2D eigenvalue weighted by Gasteiger charge is -2.21. The van der Waals surface area contributed by atoms with Gasteiger partial charge in [-0.1, -0.05) is 55.5 Å². The highest BCUT2D eigenvalue weighted by atomic mass is 16.5. The minimum Gasteiger partial charge on any atom is -0.467 e. The third-order valence-corrected chi connectivity index (χ3v) is 6.43. The van der Waals surface area contributed by atoms with Crippen LogP contribution in [0.15, 0.2) is 78.9 Å². The number of benzene rings is 3. The van der Waals surface area contributed by atoms with Gasteiger partial charge in [0.2, 0.25) is 11.9 Å². The van der Waals surface area contributed by atoms with E-state index in [0.717, 1.165) is 28.8 Å². The van der Waals surface area contributed by atoms with E-state index < -0.39 is 12.0 Å². The van der Waals surface area contributed by atoms with Gasteiger partial charge in [-0.05, 0) is 42.7 Å². The van der Waals surface area contributed by atoms with Gasteiger partial charge < -0.3 is 29.8 Å². The molecule has 204 valence electrons. The highest BCUT2D eigenvalue weighted by Gasteiger charge is 2.23. The molecule has 0 aliphatic carbocycles. The maximum atomic E-state index is 12.9. The number of nitrogens with zero attached hydrogens (tertiary/aromatic N) is 2. The molecule has 0 bridgehead atoms. The molecule has 1 amide bonds. The molecule has 3 aromatic carbocycles. The molecule has 0 saturated carbocycles. The number of carbonyl (C=O) groups is 2. The van der Waals surface area contributed by atoms with E-state index in [1.54, 1.807) is 0 Å². The molecule has 0 aliphatic rings. The first kappa shape index (κ1) is 27.7. The lowest BCUT2D eigenvalue weighted by atomic mass is 10.1. The Balaban J connectivity index is 1.40. The summed E-state index contributed by atoms with van der Waals surface area (Å²) < 4.78 is 18.5. The topological polar surface area (TPSA) is 118 Å². The zero-order valence-corrected chi connectivity index (χ0v) is 22.2. The molecule has 0 unspecified atom stereocenters. The molecule has 4 aromatic rings. The highest BCUT2D eigenvalue weighted by molar-refractivity contribution is 5.84. The van der Waals surface area contributed by atoms with Crippen molar-refractivity contribution < 1.29 is 23.8 Å². The lowest BCUT2D eigenvalue weighted by molar-refractivity contribution is -0.147. The highest BCUT2D eigenvalue weighted by Crippen LogP contribution is 2.31. The summed E-state index contributed by atoms with van der Waals surface area (Å²) in [4.78, 5) is 29.6. The number of fused-ring (bicyclic) bond motifs is 1. The summed E-state index contributed by atoms with van der Waals surface area (Å²) in [5, 5.41) is 2.75. The molecule has 0 aliphatic heterocycles. The first-order chi connectivity index (χ1) is 19.0. The maximum absolute atomic E-state index is 12.9. The number of imidazole rings is 1. The molecule has 3 N–H and O–H groups in total. The number of methoxy groups -OCH3 is 1. The van der Waals surface area contributed by atoms with E-state index in [4.69, 9.17) is 19.9 Å². The van der Waals surface area contributed by atoms with Crippen molar-refractivity contribution >= 4 is 28.9 Å². The average molecular weight is 531 g/mol. The molecule has 1 aromatic heterocycles. The quantitative estimate of drug-likeness (QED) is 0.233. The van der Waals surface area contributed by atoms with Crippen molar-refractivity contribution in [2.24, 2.45) is 0 Å². The van der Waals surface area contributed by atoms with E-state index in [9.17, 15) is 9.59 Å². The summed E-state index contributed by atoms with van der Waals surface area (Å²) in [7, 11) is 1.29. The molecule has 2 atom stereocenters. The van der Waals surface area contributed by atoms with Crippen molar-refractivity contribution in [3.8, 4) is 11.5 Å². The van der Waals surface area contributed by atoms with Crippen LogP contribution in [0.1, 0.15) is 37.8 Å². The van der Waals surface area contributed by atoms with Crippen molar-refractivity contribution in [1.29, 1.82) is 0 Å². The van der Waals surface area contributed by atoms with Crippen LogP contribution in [-0.2, 0) is 25.7 Å². The first-order valence-corrected chi connectivity index (χ1v) is 13.0. The summed E-state index contributed by atoms with van der Waals surface area (Å²) >= 11 is 0. The Bertz CT molecular complexity index is 1370. The zero-order valence-electron chi connectivity index (χ0n) is 22.2. The van der Waals surface area contributed by atoms with Crippen LogP contribution in [0.3, 0.4) is 0 Å². The minimum absolute atomic E-state index is 0.00775. The second-order valence-electron chi connectivity index (χ2n) is 9.15. The molecule has 0 saturated heterocycles. The van der Waals surface area contributed by atoms with E-state index in [0.29, 0.717) is 24.7 Å². The predicted octanol–water partition coefficient (Wildman–Crippen LogP) is 5.02. The van der Waals surface area contributed by atoms with E-state index in [2.05, 4.69) is 10.3 Å². The Morgan fingerprint density at radius 3 is 2.41 bits per heavy atom. The minimum atomic E-state index is -0.900. The largest absolute Gasteiger partial charge is 0.467 e. The third-order valence-electron chi connectivity index (χ3n) is 6.43. The Morgan fingerprint density at radius 2 is 1.72 bits per heavy atom. The Kier molecular flexibility index (Phi) is 9.53. The molecule has 4 rings (SSSR count). The van der Waals surface area contributed by atoms with Crippen molar-refractivity contribution in [1.82, 2.24) is 14.9 Å². The van der Waals surface area contributed by atoms with Crippen LogP contribution in [0.5, 0.6) is 11.5 Å². The monoisotopic (exact) mass is 530 g/mol. The van der Waals surface area contributed by atoms with Crippen molar-refractivity contribution in [2.75, 3.05) is 19.5 Å². The number of amides is 1. The van der Waals surface area contributed by atoms with Gasteiger partial charge in [-0.15, -0.1) is 0 Å². The fraction of sp³-hybridized carbons (Fsp3) is 0.300. The van der Waals surface area contributed by atoms with Gasteiger partial charge in [-0.3, -0.25) is 4.79 Å². The number of nitrogens with two attached hydrogens (primary N) is 1. The smallest absolute Gasteiger partial charge is 0.330 e. The van der Waals surface area contributed by atoms with E-state index >= 15 is 0 Å². The van der Waals surface area contributed by atoms with Crippen LogP contribution in [0.25, 0.3) is 11.0 Å². The Morgan fingerprint density at radius 1 is 1.00 bits per heavy atom. The number of nitrogens with one attached hydrogen (secondary N) is 1. The number of para-hydroxylation sites is 1. The number of rotatable bonds is 13. The van der Waals surface area contributed by atoms with Gasteiger partial charge in [0.05, 0.1) is 31.4 Å². The summed E-state index contributed by atoms with van der Waals surface area (Å²) in [6.07, 6.45) is 1.41. The molecular formula is C30H34N4O5. The van der Waals surface area contributed by atoms with Gasteiger partial charge in [0, 0.05) is 18.5 Å². The number of aromatic nitrogens is 2. The Labute approximate surface area is 227 Å². The van der Waals surface area contributed by atoms with Crippen molar-refractivity contribution in [3.05, 3.63) is 84.4 Å². The molecule has 39 heavy (non-hydrogen) atoms. The van der Waals surface area contributed by atoms with E-state index in [-0.39, 0.29) is 25.0 Å². The van der Waals surface area contributed by atoms with Crippen LogP contribution in [0, 0.1) is 0 Å². The number of hydrogen-bond acceptors (Lipinski definition) is 7. The SMILES string of the molecule is CC[C@H](CCC(=O)N[C@@H](COCc1ccccc1)C(=O)OC)n1c(N)nc2ccc(Oc3ccccc3)cc21. The lowest BCUT2D eigenvalue weighted by Crippen LogP contribution is -2.44. The van der Waals surface area contributed by atoms with Gasteiger partial charge in [-0.2, -0.15) is 0 Å². The number of esters is 1. The number of ether oxygens (including phenoxy) is 3. The second kappa shape index (κ2) is 13.4. The summed E-state index contributed by atoms with van der Waals surface area (Å²) in [6.45, 7) is 2.37. The summed E-state index contributed by atoms with van der Waals surface area (Å²) in [6, 6.07) is 23.8. The molecule has 0 radical (unpaired) electrons. The van der Waals surface area contributed by atoms with Crippen molar-refractivity contribution in [2.45, 2.75) is 44.9 Å². The molecule has 0 spiro atoms. The van der Waals surface area contributed by atoms with Gasteiger partial charge in [-0.25, -0.2) is 9.78 Å². The number of carbonyl (C=O) groups excluding carboxylic acids is 2. The molecule has 9 heteroatoms. The zero-order chi connectivity index (χ0) is 27.6. The van der Waals surface area contributed by atoms with Gasteiger partial charge in [0.15, 0.2) is 6.04 Å². The number of hydrogen-bond donors (Lipinski definition) is 2. The maximum Gasteiger partial charge on any atom is 0.330 e. The Hall–Kier alpha value is -4.37. The summed E-state index contributed by atoms with van der Waals surface area (Å²) in [5.74, 6) is 0.935. The average Bonchev–Trinajstić information content (AvgIpc) is 3.28. The number of anilines is 1. The second-order valence-corrected chi connectivity index (χ2v) is 9.15. The fourth-order valence-electron chi connectivity index (χ4n) is 4.42. The van der Waals surface area contributed by atoms with Crippen LogP contribution in [-0.4, -0.2) is 41.2 Å². The molecular weight excluding hydrogens is 496 g/mol. The van der Waals surface area contributed by atoms with Crippen LogP contribution in [0.2, 0.25) is 0 Å². The summed E-state index contributed by atoms with van der Waals surface area (Å²) in [5.41, 5.74) is 8.86. The van der Waals surface area contributed by atoms with Gasteiger partial charge in [0.25, 0.3) is 0 Å². The normalized spacial score (nSPS) is 12.6. The standard InChI is InChI=1S/C30H34N4O5/c1-3-22(14-17-28(35)32-26(29(36)37-2)20-38-19-21-10-6-4-7-11-21)34-27-18-24(15-16-25(27)33-30(34)31)39-23-12-8-5-9-13-23/h4-13,15-16,18,22,26H,3,14,17,19-20H2,1-2H3,(H2,31,33)(H,32,35)/t22-,26+/m1/s1. The fourth-order valence-corrected chi connectivity index (χ4v) is 4.42. The molecule has 1 heterocycles. The van der Waals surface area contributed by atoms with Crippen LogP contribution in [0.4, 0.5) is 5.95 Å². The molecule has 9 nitrogen and oxygen atoms in total. The third kappa shape index (κ3) is 7.36. The van der Waals surface area contributed by atoms with Crippen molar-refractivity contribution in [3.63, 3.8) is 0 Å². The van der Waals surface area contributed by atoms with Crippen LogP contribution < -0.4 is 15.8 Å². The van der Waals surface area contributed by atoms with E-state index in [1.807, 2.05) is 90.4 Å². The number of nitrogen functional groups attached to an aromatic ring is 1. The van der Waals surface area contributed by atoms with Crippen LogP contribution >= 0.6 is 0 Å². The predicted molar refractivity (Wildman–Crippen MR) is 149 cm³/mol. The van der Waals surface area contributed by atoms with Gasteiger partial charge in [0.1, 0.15) is 11.5 Å². The van der Waals surface area contributed by atoms with E-state index in [1.165, 1.54) is 7.11 Å².